The smallest absolute Gasteiger partial charge is 0.251 e. The zero-order valence-electron chi connectivity index (χ0n) is 11.8. The number of hydrogen-bond donors (Lipinski definition) is 1. The molecule has 3 rings (SSSR count). The Labute approximate surface area is 120 Å². The summed E-state index contributed by atoms with van der Waals surface area (Å²) in [5.74, 6) is -0.00604. The van der Waals surface area contributed by atoms with Gasteiger partial charge in [-0.1, -0.05) is 0 Å². The van der Waals surface area contributed by atoms with E-state index in [4.69, 9.17) is 4.74 Å². The number of carbonyl (C=O) groups is 1. The summed E-state index contributed by atoms with van der Waals surface area (Å²) in [4.78, 5) is 14.4. The fraction of sp³-hybridized carbons (Fsp3) is 0.562. The first-order chi connectivity index (χ1) is 9.83. The maximum atomic E-state index is 12.1. The van der Waals surface area contributed by atoms with Crippen molar-refractivity contribution in [1.29, 1.82) is 0 Å². The van der Waals surface area contributed by atoms with Crippen molar-refractivity contribution in [1.82, 2.24) is 5.32 Å². The lowest BCUT2D eigenvalue weighted by atomic mass is 10.1. The van der Waals surface area contributed by atoms with E-state index in [0.29, 0.717) is 6.54 Å². The minimum Gasteiger partial charge on any atom is -0.376 e. The molecule has 0 unspecified atom stereocenters. The molecule has 108 valence electrons. The van der Waals surface area contributed by atoms with Crippen molar-refractivity contribution in [2.75, 3.05) is 31.1 Å². The lowest BCUT2D eigenvalue weighted by Gasteiger charge is -2.17. The molecule has 2 aliphatic rings. The van der Waals surface area contributed by atoms with E-state index in [0.717, 1.165) is 38.1 Å². The van der Waals surface area contributed by atoms with E-state index in [2.05, 4.69) is 10.2 Å². The molecule has 1 N–H and O–H groups in total. The van der Waals surface area contributed by atoms with E-state index in [1.54, 1.807) is 0 Å². The Balaban J connectivity index is 1.54. The Morgan fingerprint density at radius 2 is 1.95 bits per heavy atom. The van der Waals surface area contributed by atoms with Crippen LogP contribution in [0.15, 0.2) is 24.3 Å². The van der Waals surface area contributed by atoms with Crippen molar-refractivity contribution >= 4 is 11.6 Å². The number of rotatable bonds is 4. The van der Waals surface area contributed by atoms with Crippen LogP contribution in [0.5, 0.6) is 0 Å². The molecule has 0 aromatic heterocycles. The average molecular weight is 274 g/mol. The third-order valence-corrected chi connectivity index (χ3v) is 4.11. The Hall–Kier alpha value is -1.55. The van der Waals surface area contributed by atoms with Crippen molar-refractivity contribution in [2.24, 2.45) is 0 Å². The summed E-state index contributed by atoms with van der Waals surface area (Å²) in [5, 5.41) is 2.95. The Morgan fingerprint density at radius 3 is 2.60 bits per heavy atom. The summed E-state index contributed by atoms with van der Waals surface area (Å²) >= 11 is 0. The predicted octanol–water partition coefficient (Wildman–Crippen LogP) is 2.20. The van der Waals surface area contributed by atoms with Crippen molar-refractivity contribution in [3.63, 3.8) is 0 Å². The summed E-state index contributed by atoms with van der Waals surface area (Å²) in [6.07, 6.45) is 4.88. The number of nitrogens with one attached hydrogen (secondary N) is 1. The number of amides is 1. The summed E-state index contributed by atoms with van der Waals surface area (Å²) in [6.45, 7) is 3.70. The highest BCUT2D eigenvalue weighted by Crippen LogP contribution is 2.20. The summed E-state index contributed by atoms with van der Waals surface area (Å²) < 4.78 is 5.50. The van der Waals surface area contributed by atoms with E-state index in [1.165, 1.54) is 18.5 Å². The van der Waals surface area contributed by atoms with Gasteiger partial charge in [-0.15, -0.1) is 0 Å². The van der Waals surface area contributed by atoms with Crippen molar-refractivity contribution < 1.29 is 9.53 Å². The number of carbonyl (C=O) groups excluding carboxylic acids is 1. The molecule has 2 fully saturated rings. The van der Waals surface area contributed by atoms with E-state index in [1.807, 2.05) is 24.3 Å². The molecule has 1 aromatic carbocycles. The number of hydrogen-bond acceptors (Lipinski definition) is 3. The maximum Gasteiger partial charge on any atom is 0.251 e. The van der Waals surface area contributed by atoms with Crippen LogP contribution in [0.4, 0.5) is 5.69 Å². The van der Waals surface area contributed by atoms with Crippen LogP contribution in [0.1, 0.15) is 36.0 Å². The van der Waals surface area contributed by atoms with Gasteiger partial charge in [-0.05, 0) is 49.9 Å². The van der Waals surface area contributed by atoms with Crippen LogP contribution in [-0.4, -0.2) is 38.3 Å². The van der Waals surface area contributed by atoms with Crippen LogP contribution in [0, 0.1) is 0 Å². The van der Waals surface area contributed by atoms with Gasteiger partial charge in [-0.2, -0.15) is 0 Å². The van der Waals surface area contributed by atoms with Gasteiger partial charge in [0.15, 0.2) is 0 Å². The fourth-order valence-electron chi connectivity index (χ4n) is 2.91. The molecule has 0 radical (unpaired) electrons. The maximum absolute atomic E-state index is 12.1. The van der Waals surface area contributed by atoms with Crippen LogP contribution in [0.2, 0.25) is 0 Å². The molecule has 1 amide bonds. The molecule has 1 aromatic rings. The van der Waals surface area contributed by atoms with Gasteiger partial charge in [0.2, 0.25) is 0 Å². The second-order valence-electron chi connectivity index (χ2n) is 5.59. The monoisotopic (exact) mass is 274 g/mol. The lowest BCUT2D eigenvalue weighted by molar-refractivity contribution is 0.0858. The molecule has 0 aliphatic carbocycles. The third-order valence-electron chi connectivity index (χ3n) is 4.11. The van der Waals surface area contributed by atoms with Gasteiger partial charge in [0, 0.05) is 37.5 Å². The first-order valence-corrected chi connectivity index (χ1v) is 7.58. The molecular formula is C16H22N2O2. The van der Waals surface area contributed by atoms with Gasteiger partial charge >= 0.3 is 0 Å². The average Bonchev–Trinajstić information content (AvgIpc) is 3.18. The lowest BCUT2D eigenvalue weighted by Crippen LogP contribution is -2.31. The summed E-state index contributed by atoms with van der Waals surface area (Å²) in [7, 11) is 0. The van der Waals surface area contributed by atoms with Gasteiger partial charge in [-0.3, -0.25) is 4.79 Å². The molecule has 0 saturated carbocycles. The first-order valence-electron chi connectivity index (χ1n) is 7.58. The van der Waals surface area contributed by atoms with E-state index >= 15 is 0 Å². The van der Waals surface area contributed by atoms with E-state index in [-0.39, 0.29) is 12.0 Å². The highest BCUT2D eigenvalue weighted by molar-refractivity contribution is 5.94. The van der Waals surface area contributed by atoms with Gasteiger partial charge in [0.25, 0.3) is 5.91 Å². The van der Waals surface area contributed by atoms with Crippen LogP contribution >= 0.6 is 0 Å². The molecular weight excluding hydrogens is 252 g/mol. The topological polar surface area (TPSA) is 41.6 Å². The van der Waals surface area contributed by atoms with Gasteiger partial charge in [0.05, 0.1) is 6.10 Å². The van der Waals surface area contributed by atoms with Crippen molar-refractivity contribution in [2.45, 2.75) is 31.8 Å². The van der Waals surface area contributed by atoms with Gasteiger partial charge in [-0.25, -0.2) is 0 Å². The quantitative estimate of drug-likeness (QED) is 0.915. The summed E-state index contributed by atoms with van der Waals surface area (Å²) in [6, 6.07) is 7.93. The second kappa shape index (κ2) is 6.27. The minimum atomic E-state index is -0.00604. The predicted molar refractivity (Wildman–Crippen MR) is 79.2 cm³/mol. The van der Waals surface area contributed by atoms with Crippen LogP contribution in [0.25, 0.3) is 0 Å². The SMILES string of the molecule is O=C(NC[C@H]1CCCO1)c1ccc(N2CCCC2)cc1. The Bertz CT molecular complexity index is 446. The zero-order chi connectivity index (χ0) is 13.8. The molecule has 2 heterocycles. The van der Waals surface area contributed by atoms with Gasteiger partial charge < -0.3 is 15.0 Å². The first kappa shape index (κ1) is 13.4. The molecule has 2 aliphatic heterocycles. The van der Waals surface area contributed by atoms with Crippen LogP contribution < -0.4 is 10.2 Å². The van der Waals surface area contributed by atoms with Crippen molar-refractivity contribution in [3.8, 4) is 0 Å². The zero-order valence-corrected chi connectivity index (χ0v) is 11.8. The Kier molecular flexibility index (Phi) is 4.21. The Morgan fingerprint density at radius 1 is 1.20 bits per heavy atom. The normalized spacial score (nSPS) is 22.2. The number of benzene rings is 1. The summed E-state index contributed by atoms with van der Waals surface area (Å²) in [5.41, 5.74) is 1.95. The highest BCUT2D eigenvalue weighted by atomic mass is 16.5. The molecule has 0 bridgehead atoms. The van der Waals surface area contributed by atoms with E-state index < -0.39 is 0 Å². The number of anilines is 1. The molecule has 4 nitrogen and oxygen atoms in total. The molecule has 0 spiro atoms. The minimum absolute atomic E-state index is 0.00604. The van der Waals surface area contributed by atoms with Crippen LogP contribution in [0.3, 0.4) is 0 Å². The van der Waals surface area contributed by atoms with Crippen LogP contribution in [-0.2, 0) is 4.74 Å². The van der Waals surface area contributed by atoms with Gasteiger partial charge in [0.1, 0.15) is 0 Å². The third kappa shape index (κ3) is 3.12. The highest BCUT2D eigenvalue weighted by Gasteiger charge is 2.17. The molecule has 4 heteroatoms. The number of ether oxygens (including phenoxy) is 1. The largest absolute Gasteiger partial charge is 0.376 e. The molecule has 20 heavy (non-hydrogen) atoms. The van der Waals surface area contributed by atoms with E-state index in [9.17, 15) is 4.79 Å². The van der Waals surface area contributed by atoms with Crippen molar-refractivity contribution in [3.05, 3.63) is 29.8 Å². The second-order valence-corrected chi connectivity index (χ2v) is 5.59. The molecule has 1 atom stereocenters. The fourth-order valence-corrected chi connectivity index (χ4v) is 2.91. The molecule has 2 saturated heterocycles. The standard InChI is InChI=1S/C16H22N2O2/c19-16(17-12-15-4-3-11-20-15)13-5-7-14(8-6-13)18-9-1-2-10-18/h5-8,15H,1-4,9-12H2,(H,17,19)/t15-/m1/s1. The number of nitrogens with zero attached hydrogens (tertiary/aromatic N) is 1.